The highest BCUT2D eigenvalue weighted by Crippen LogP contribution is 2.33. The molecule has 0 radical (unpaired) electrons. The quantitative estimate of drug-likeness (QED) is 0.324. The summed E-state index contributed by atoms with van der Waals surface area (Å²) in [6.07, 6.45) is 2.60. The van der Waals surface area contributed by atoms with Gasteiger partial charge in [0.05, 0.1) is 0 Å². The topological polar surface area (TPSA) is 46.3 Å². The van der Waals surface area contributed by atoms with Crippen LogP contribution >= 0.6 is 0 Å². The number of amides is 1. The highest BCUT2D eigenvalue weighted by molar-refractivity contribution is 5.78. The Bertz CT molecular complexity index is 1180. The number of nitrogens with zero attached hydrogens (tertiary/aromatic N) is 2. The average molecular weight is 441 g/mol. The van der Waals surface area contributed by atoms with Gasteiger partial charge in [0.15, 0.2) is 11.7 Å². The van der Waals surface area contributed by atoms with E-state index in [4.69, 9.17) is 9.40 Å². The molecule has 1 aliphatic carbocycles. The summed E-state index contributed by atoms with van der Waals surface area (Å²) < 4.78 is 20.3. The molecule has 4 nitrogen and oxygen atoms in total. The van der Waals surface area contributed by atoms with Crippen molar-refractivity contribution in [1.29, 1.82) is 0 Å². The van der Waals surface area contributed by atoms with E-state index in [1.54, 1.807) is 23.1 Å². The lowest BCUT2D eigenvalue weighted by Crippen LogP contribution is -2.33. The molecule has 0 saturated heterocycles. The van der Waals surface area contributed by atoms with Gasteiger partial charge in [-0.25, -0.2) is 9.37 Å². The molecule has 1 heterocycles. The molecule has 1 amide bonds. The second-order valence-corrected chi connectivity index (χ2v) is 8.36. The van der Waals surface area contributed by atoms with Crippen LogP contribution in [0, 0.1) is 5.82 Å². The van der Waals surface area contributed by atoms with Crippen LogP contribution in [-0.2, 0) is 17.8 Å². The van der Waals surface area contributed by atoms with Crippen molar-refractivity contribution in [3.8, 4) is 22.6 Å². The second kappa shape index (κ2) is 9.41. The van der Waals surface area contributed by atoms with Gasteiger partial charge < -0.3 is 9.32 Å². The molecule has 5 heteroatoms. The fourth-order valence-corrected chi connectivity index (χ4v) is 4.02. The van der Waals surface area contributed by atoms with Crippen molar-refractivity contribution in [2.45, 2.75) is 38.3 Å². The molecule has 0 N–H and O–H groups in total. The molecular weight excluding hydrogens is 415 g/mol. The highest BCUT2D eigenvalue weighted by atomic mass is 19.1. The molecule has 5 rings (SSSR count). The van der Waals surface area contributed by atoms with E-state index >= 15 is 0 Å². The number of oxazole rings is 1. The first-order chi connectivity index (χ1) is 16.2. The molecule has 0 bridgehead atoms. The number of halogens is 1. The summed E-state index contributed by atoms with van der Waals surface area (Å²) in [6.45, 7) is 0.298. The number of rotatable bonds is 8. The zero-order valence-corrected chi connectivity index (χ0v) is 18.3. The minimum Gasteiger partial charge on any atom is -0.440 e. The van der Waals surface area contributed by atoms with Crippen molar-refractivity contribution in [3.63, 3.8) is 0 Å². The van der Waals surface area contributed by atoms with Gasteiger partial charge in [-0.2, -0.15) is 0 Å². The Hall–Kier alpha value is -3.73. The Morgan fingerprint density at radius 3 is 2.21 bits per heavy atom. The SMILES string of the molecule is O=C(CCc1nc(-c2ccccc2)c(-c2ccccc2)o1)N(Cc1ccccc1F)C1CC1. The van der Waals surface area contributed by atoms with E-state index in [-0.39, 0.29) is 24.2 Å². The van der Waals surface area contributed by atoms with E-state index in [1.165, 1.54) is 6.07 Å². The first-order valence-corrected chi connectivity index (χ1v) is 11.3. The summed E-state index contributed by atoms with van der Waals surface area (Å²) in [5.74, 6) is 0.961. The number of carbonyl (C=O) groups excluding carboxylic acids is 1. The number of benzene rings is 3. The first kappa shape index (κ1) is 21.1. The molecule has 33 heavy (non-hydrogen) atoms. The van der Waals surface area contributed by atoms with Crippen LogP contribution in [-0.4, -0.2) is 21.8 Å². The van der Waals surface area contributed by atoms with Crippen molar-refractivity contribution in [1.82, 2.24) is 9.88 Å². The molecule has 1 saturated carbocycles. The Balaban J connectivity index is 1.35. The molecule has 1 fully saturated rings. The minimum absolute atomic E-state index is 0.00137. The zero-order chi connectivity index (χ0) is 22.6. The number of hydrogen-bond acceptors (Lipinski definition) is 3. The van der Waals surface area contributed by atoms with Gasteiger partial charge in [-0.15, -0.1) is 0 Å². The van der Waals surface area contributed by atoms with Crippen molar-refractivity contribution in [2.75, 3.05) is 0 Å². The van der Waals surface area contributed by atoms with Gasteiger partial charge in [0.2, 0.25) is 5.91 Å². The molecule has 0 aliphatic heterocycles. The molecule has 1 aliphatic rings. The largest absolute Gasteiger partial charge is 0.440 e. The number of hydrogen-bond donors (Lipinski definition) is 0. The Morgan fingerprint density at radius 1 is 0.909 bits per heavy atom. The summed E-state index contributed by atoms with van der Waals surface area (Å²) in [5, 5.41) is 0. The third-order valence-electron chi connectivity index (χ3n) is 5.91. The van der Waals surface area contributed by atoms with E-state index in [1.807, 2.05) is 60.7 Å². The van der Waals surface area contributed by atoms with Gasteiger partial charge in [-0.1, -0.05) is 78.9 Å². The maximum absolute atomic E-state index is 14.2. The van der Waals surface area contributed by atoms with E-state index in [0.717, 1.165) is 29.7 Å². The third kappa shape index (κ3) is 4.87. The van der Waals surface area contributed by atoms with Crippen molar-refractivity contribution >= 4 is 5.91 Å². The lowest BCUT2D eigenvalue weighted by atomic mass is 10.1. The normalized spacial score (nSPS) is 13.1. The van der Waals surface area contributed by atoms with Crippen LogP contribution in [0.2, 0.25) is 0 Å². The van der Waals surface area contributed by atoms with E-state index in [0.29, 0.717) is 30.2 Å². The van der Waals surface area contributed by atoms with Crippen molar-refractivity contribution < 1.29 is 13.6 Å². The van der Waals surface area contributed by atoms with Gasteiger partial charge in [0.1, 0.15) is 11.5 Å². The Kier molecular flexibility index (Phi) is 6.03. The molecule has 4 aromatic rings. The Labute approximate surface area is 192 Å². The predicted octanol–water partition coefficient (Wildman–Crippen LogP) is 6.27. The van der Waals surface area contributed by atoms with E-state index < -0.39 is 0 Å². The van der Waals surface area contributed by atoms with Crippen molar-refractivity contribution in [2.24, 2.45) is 0 Å². The molecule has 0 atom stereocenters. The predicted molar refractivity (Wildman–Crippen MR) is 126 cm³/mol. The second-order valence-electron chi connectivity index (χ2n) is 8.36. The van der Waals surface area contributed by atoms with Crippen LogP contribution in [0.15, 0.2) is 89.3 Å². The smallest absolute Gasteiger partial charge is 0.223 e. The summed E-state index contributed by atoms with van der Waals surface area (Å²) in [6, 6.07) is 26.6. The number of aryl methyl sites for hydroxylation is 1. The van der Waals surface area contributed by atoms with Crippen LogP contribution < -0.4 is 0 Å². The fourth-order valence-electron chi connectivity index (χ4n) is 4.02. The van der Waals surface area contributed by atoms with Gasteiger partial charge in [0.25, 0.3) is 0 Å². The van der Waals surface area contributed by atoms with E-state index in [9.17, 15) is 9.18 Å². The number of aromatic nitrogens is 1. The zero-order valence-electron chi connectivity index (χ0n) is 18.3. The average Bonchev–Trinajstić information content (AvgIpc) is 3.61. The summed E-state index contributed by atoms with van der Waals surface area (Å²) >= 11 is 0. The third-order valence-corrected chi connectivity index (χ3v) is 5.91. The fraction of sp³-hybridized carbons (Fsp3) is 0.214. The lowest BCUT2D eigenvalue weighted by molar-refractivity contribution is -0.132. The summed E-state index contributed by atoms with van der Waals surface area (Å²) in [4.78, 5) is 19.6. The van der Waals surface area contributed by atoms with E-state index in [2.05, 4.69) is 0 Å². The molecular formula is C28H25FN2O2. The standard InChI is InChI=1S/C28H25FN2O2/c29-24-14-8-7-13-22(24)19-31(23-15-16-23)26(32)18-17-25-30-27(20-9-3-1-4-10-20)28(33-25)21-11-5-2-6-12-21/h1-14,23H,15-19H2. The summed E-state index contributed by atoms with van der Waals surface area (Å²) in [5.41, 5.74) is 3.23. The summed E-state index contributed by atoms with van der Waals surface area (Å²) in [7, 11) is 0. The van der Waals surface area contributed by atoms with Gasteiger partial charge >= 0.3 is 0 Å². The lowest BCUT2D eigenvalue weighted by Gasteiger charge is -2.22. The minimum atomic E-state index is -0.274. The maximum Gasteiger partial charge on any atom is 0.223 e. The van der Waals surface area contributed by atoms with Crippen LogP contribution in [0.25, 0.3) is 22.6 Å². The molecule has 1 aromatic heterocycles. The molecule has 0 spiro atoms. The maximum atomic E-state index is 14.2. The number of carbonyl (C=O) groups is 1. The van der Waals surface area contributed by atoms with Crippen LogP contribution in [0.5, 0.6) is 0 Å². The molecule has 0 unspecified atom stereocenters. The molecule has 3 aromatic carbocycles. The van der Waals surface area contributed by atoms with Crippen molar-refractivity contribution in [3.05, 3.63) is 102 Å². The first-order valence-electron chi connectivity index (χ1n) is 11.3. The van der Waals surface area contributed by atoms with Crippen LogP contribution in [0.1, 0.15) is 30.7 Å². The molecule has 166 valence electrons. The monoisotopic (exact) mass is 440 g/mol. The highest BCUT2D eigenvalue weighted by Gasteiger charge is 2.33. The van der Waals surface area contributed by atoms with Gasteiger partial charge in [-0.3, -0.25) is 4.79 Å². The van der Waals surface area contributed by atoms with Gasteiger partial charge in [0, 0.05) is 42.1 Å². The van der Waals surface area contributed by atoms with Gasteiger partial charge in [-0.05, 0) is 18.9 Å². The Morgan fingerprint density at radius 2 is 1.55 bits per heavy atom. The van der Waals surface area contributed by atoms with Crippen LogP contribution in [0.3, 0.4) is 0 Å². The van der Waals surface area contributed by atoms with Crippen LogP contribution in [0.4, 0.5) is 4.39 Å².